The fraction of sp³-hybridized carbons (Fsp3) is 0.0588. The molecule has 2 aromatic rings. The number of Topliss-reactive ketones (excluding diaryl/α,β-unsaturated/α-hetero) is 1. The zero-order valence-corrected chi connectivity index (χ0v) is 12.4. The average molecular weight is 312 g/mol. The largest absolute Gasteiger partial charge is 0.385 e. The van der Waals surface area contributed by atoms with E-state index in [2.05, 4.69) is 5.10 Å². The molecule has 1 aliphatic rings. The highest BCUT2D eigenvalue weighted by Gasteiger charge is 2.25. The molecular formula is C17H14ClN3O. The van der Waals surface area contributed by atoms with E-state index in [1.807, 2.05) is 30.3 Å². The number of anilines is 1. The van der Waals surface area contributed by atoms with Gasteiger partial charge in [-0.1, -0.05) is 29.8 Å². The van der Waals surface area contributed by atoms with Gasteiger partial charge >= 0.3 is 0 Å². The molecule has 3 rings (SSSR count). The van der Waals surface area contributed by atoms with Crippen LogP contribution >= 0.6 is 11.6 Å². The Morgan fingerprint density at radius 2 is 1.77 bits per heavy atom. The molecule has 0 aromatic heterocycles. The van der Waals surface area contributed by atoms with E-state index in [1.165, 1.54) is 0 Å². The van der Waals surface area contributed by atoms with E-state index in [0.717, 1.165) is 5.69 Å². The Bertz CT molecular complexity index is 738. The summed E-state index contributed by atoms with van der Waals surface area (Å²) in [5.41, 5.74) is 7.43. The molecule has 0 fully saturated rings. The van der Waals surface area contributed by atoms with Crippen molar-refractivity contribution in [2.45, 2.75) is 0 Å². The third kappa shape index (κ3) is 2.87. The summed E-state index contributed by atoms with van der Waals surface area (Å²) in [7, 11) is 0. The first-order valence-corrected chi connectivity index (χ1v) is 7.19. The standard InChI is InChI=1S/C17H14ClN3O/c18-13-8-6-12(7-9-13)16(22)15-10-11-21(20-17(15)19)14-4-2-1-3-5-14/h1-11,15H,(H2,19,20). The van der Waals surface area contributed by atoms with E-state index < -0.39 is 5.92 Å². The summed E-state index contributed by atoms with van der Waals surface area (Å²) in [5.74, 6) is -0.380. The molecule has 1 unspecified atom stereocenters. The number of hydrazone groups is 1. The number of carbonyl (C=O) groups is 1. The van der Waals surface area contributed by atoms with Crippen LogP contribution in [-0.4, -0.2) is 11.6 Å². The first-order chi connectivity index (χ1) is 10.6. The Balaban J connectivity index is 1.82. The van der Waals surface area contributed by atoms with Crippen molar-refractivity contribution in [2.75, 3.05) is 5.01 Å². The molecule has 0 aliphatic carbocycles. The second-order valence-electron chi connectivity index (χ2n) is 4.90. The van der Waals surface area contributed by atoms with E-state index in [4.69, 9.17) is 17.3 Å². The number of nitrogens with two attached hydrogens (primary N) is 1. The van der Waals surface area contributed by atoms with Crippen molar-refractivity contribution in [3.63, 3.8) is 0 Å². The number of nitrogens with zero attached hydrogens (tertiary/aromatic N) is 2. The van der Waals surface area contributed by atoms with Crippen molar-refractivity contribution in [3.8, 4) is 0 Å². The number of halogens is 1. The lowest BCUT2D eigenvalue weighted by Gasteiger charge is -2.23. The van der Waals surface area contributed by atoms with Crippen LogP contribution in [0.3, 0.4) is 0 Å². The van der Waals surface area contributed by atoms with E-state index >= 15 is 0 Å². The molecule has 2 N–H and O–H groups in total. The predicted octanol–water partition coefficient (Wildman–Crippen LogP) is 3.45. The van der Waals surface area contributed by atoms with Crippen LogP contribution in [0.1, 0.15) is 10.4 Å². The third-order valence-electron chi connectivity index (χ3n) is 3.39. The summed E-state index contributed by atoms with van der Waals surface area (Å²) in [6.45, 7) is 0. The summed E-state index contributed by atoms with van der Waals surface area (Å²) >= 11 is 5.84. The first-order valence-electron chi connectivity index (χ1n) is 6.81. The lowest BCUT2D eigenvalue weighted by Crippen LogP contribution is -2.34. The normalized spacial score (nSPS) is 17.2. The van der Waals surface area contributed by atoms with Crippen LogP contribution in [-0.2, 0) is 0 Å². The summed E-state index contributed by atoms with van der Waals surface area (Å²) in [5, 5.41) is 6.54. The zero-order chi connectivity index (χ0) is 15.5. The first kappa shape index (κ1) is 14.4. The van der Waals surface area contributed by atoms with Crippen LogP contribution in [0.15, 0.2) is 72.0 Å². The number of ketones is 1. The maximum Gasteiger partial charge on any atom is 0.177 e. The molecule has 0 saturated heterocycles. The Morgan fingerprint density at radius 3 is 2.41 bits per heavy atom. The topological polar surface area (TPSA) is 58.7 Å². The van der Waals surface area contributed by atoms with Gasteiger partial charge in [0.15, 0.2) is 5.78 Å². The second kappa shape index (κ2) is 6.03. The van der Waals surface area contributed by atoms with Gasteiger partial charge in [0.2, 0.25) is 0 Å². The molecule has 1 atom stereocenters. The van der Waals surface area contributed by atoms with Gasteiger partial charge in [0.05, 0.1) is 5.69 Å². The fourth-order valence-corrected chi connectivity index (χ4v) is 2.35. The van der Waals surface area contributed by atoms with Gasteiger partial charge in [0.25, 0.3) is 0 Å². The number of hydrogen-bond donors (Lipinski definition) is 1. The summed E-state index contributed by atoms with van der Waals surface area (Å²) in [4.78, 5) is 12.5. The molecule has 1 aliphatic heterocycles. The molecule has 1 heterocycles. The van der Waals surface area contributed by atoms with Crippen molar-refractivity contribution in [3.05, 3.63) is 77.5 Å². The number of carbonyl (C=O) groups excluding carboxylic acids is 1. The van der Waals surface area contributed by atoms with Crippen LogP contribution < -0.4 is 10.7 Å². The molecule has 110 valence electrons. The Morgan fingerprint density at radius 1 is 1.09 bits per heavy atom. The highest BCUT2D eigenvalue weighted by molar-refractivity contribution is 6.30. The monoisotopic (exact) mass is 311 g/mol. The maximum atomic E-state index is 12.5. The predicted molar refractivity (Wildman–Crippen MR) is 89.0 cm³/mol. The lowest BCUT2D eigenvalue weighted by molar-refractivity contribution is 0.0971. The minimum atomic E-state index is -0.555. The summed E-state index contributed by atoms with van der Waals surface area (Å²) in [6.07, 6.45) is 3.51. The van der Waals surface area contributed by atoms with Crippen molar-refractivity contribution >= 4 is 28.9 Å². The third-order valence-corrected chi connectivity index (χ3v) is 3.65. The van der Waals surface area contributed by atoms with Gasteiger partial charge in [0, 0.05) is 16.8 Å². The fourth-order valence-electron chi connectivity index (χ4n) is 2.23. The quantitative estimate of drug-likeness (QED) is 0.883. The number of para-hydroxylation sites is 1. The van der Waals surface area contributed by atoms with Crippen molar-refractivity contribution < 1.29 is 4.79 Å². The van der Waals surface area contributed by atoms with Gasteiger partial charge in [-0.25, -0.2) is 5.01 Å². The summed E-state index contributed by atoms with van der Waals surface area (Å²) < 4.78 is 0. The van der Waals surface area contributed by atoms with E-state index in [0.29, 0.717) is 10.6 Å². The Labute approximate surface area is 133 Å². The van der Waals surface area contributed by atoms with Crippen molar-refractivity contribution in [1.82, 2.24) is 0 Å². The van der Waals surface area contributed by atoms with E-state index in [-0.39, 0.29) is 11.6 Å². The molecule has 22 heavy (non-hydrogen) atoms. The molecule has 2 aromatic carbocycles. The molecule has 0 amide bonds. The van der Waals surface area contributed by atoms with Gasteiger partial charge in [-0.3, -0.25) is 4.79 Å². The number of rotatable bonds is 3. The van der Waals surface area contributed by atoms with Gasteiger partial charge in [-0.15, -0.1) is 0 Å². The molecule has 0 spiro atoms. The number of benzene rings is 2. The maximum absolute atomic E-state index is 12.5. The minimum Gasteiger partial charge on any atom is -0.385 e. The van der Waals surface area contributed by atoms with E-state index in [9.17, 15) is 4.79 Å². The minimum absolute atomic E-state index is 0.0955. The van der Waals surface area contributed by atoms with Crippen LogP contribution in [0.5, 0.6) is 0 Å². The van der Waals surface area contributed by atoms with Crippen LogP contribution in [0.25, 0.3) is 0 Å². The zero-order valence-electron chi connectivity index (χ0n) is 11.7. The average Bonchev–Trinajstić information content (AvgIpc) is 2.56. The van der Waals surface area contributed by atoms with Crippen LogP contribution in [0, 0.1) is 5.92 Å². The number of hydrogen-bond acceptors (Lipinski definition) is 4. The van der Waals surface area contributed by atoms with Gasteiger partial charge in [-0.2, -0.15) is 5.10 Å². The summed E-state index contributed by atoms with van der Waals surface area (Å²) in [6, 6.07) is 16.3. The molecule has 0 saturated carbocycles. The van der Waals surface area contributed by atoms with Gasteiger partial charge in [0.1, 0.15) is 11.8 Å². The Kier molecular flexibility index (Phi) is 3.94. The van der Waals surface area contributed by atoms with Crippen molar-refractivity contribution in [2.24, 2.45) is 16.8 Å². The molecule has 0 bridgehead atoms. The van der Waals surface area contributed by atoms with Gasteiger partial charge < -0.3 is 5.73 Å². The molecule has 4 nitrogen and oxygen atoms in total. The highest BCUT2D eigenvalue weighted by Crippen LogP contribution is 2.21. The van der Waals surface area contributed by atoms with E-state index in [1.54, 1.807) is 41.6 Å². The van der Waals surface area contributed by atoms with Crippen LogP contribution in [0.2, 0.25) is 5.02 Å². The highest BCUT2D eigenvalue weighted by atomic mass is 35.5. The SMILES string of the molecule is NC1=NN(c2ccccc2)C=CC1C(=O)c1ccc(Cl)cc1. The lowest BCUT2D eigenvalue weighted by atomic mass is 9.96. The second-order valence-corrected chi connectivity index (χ2v) is 5.33. The molecule has 5 heteroatoms. The van der Waals surface area contributed by atoms with Crippen LogP contribution in [0.4, 0.5) is 5.69 Å². The molecule has 0 radical (unpaired) electrons. The van der Waals surface area contributed by atoms with Gasteiger partial charge in [-0.05, 0) is 42.5 Å². The number of amidine groups is 1. The van der Waals surface area contributed by atoms with Crippen molar-refractivity contribution in [1.29, 1.82) is 0 Å². The Hall–Kier alpha value is -2.59. The molecular weight excluding hydrogens is 298 g/mol. The smallest absolute Gasteiger partial charge is 0.177 e.